The van der Waals surface area contributed by atoms with Gasteiger partial charge in [0.2, 0.25) is 5.91 Å². The van der Waals surface area contributed by atoms with Gasteiger partial charge in [-0.2, -0.15) is 11.8 Å². The molecule has 142 valence electrons. The Morgan fingerprint density at radius 2 is 1.93 bits per heavy atom. The van der Waals surface area contributed by atoms with Gasteiger partial charge in [0.25, 0.3) is 0 Å². The number of rotatable bonds is 9. The topological polar surface area (TPSA) is 59.3 Å². The van der Waals surface area contributed by atoms with Crippen LogP contribution in [0.25, 0.3) is 5.65 Å². The molecule has 1 unspecified atom stereocenters. The van der Waals surface area contributed by atoms with Gasteiger partial charge >= 0.3 is 0 Å². The third-order valence-corrected chi connectivity index (χ3v) is 5.31. The van der Waals surface area contributed by atoms with E-state index in [2.05, 4.69) is 53.0 Å². The molecule has 0 spiro atoms. The van der Waals surface area contributed by atoms with Crippen LogP contribution in [-0.2, 0) is 17.6 Å². The first-order valence-corrected chi connectivity index (χ1v) is 10.8. The van der Waals surface area contributed by atoms with E-state index < -0.39 is 0 Å². The van der Waals surface area contributed by atoms with Crippen molar-refractivity contribution in [2.24, 2.45) is 0 Å². The number of amides is 1. The van der Waals surface area contributed by atoms with Crippen LogP contribution in [0, 0.1) is 0 Å². The number of pyridine rings is 1. The normalized spacial score (nSPS) is 12.2. The lowest BCUT2D eigenvalue weighted by atomic mass is 10.1. The summed E-state index contributed by atoms with van der Waals surface area (Å²) in [6, 6.07) is 14.2. The largest absolute Gasteiger partial charge is 0.346 e. The summed E-state index contributed by atoms with van der Waals surface area (Å²) < 4.78 is 1.95. The van der Waals surface area contributed by atoms with E-state index in [9.17, 15) is 4.79 Å². The zero-order chi connectivity index (χ0) is 19.1. The standard InChI is InChI=1S/C21H26N4OS/c1-3-16-7-9-17(10-8-16)11-12-20(26)22-18(13-15-27-2)21-24-23-19-6-4-5-14-25(19)21/h4-10,14,18H,3,11-13,15H2,1-2H3,(H,22,26). The summed E-state index contributed by atoms with van der Waals surface area (Å²) in [5.74, 6) is 1.79. The smallest absolute Gasteiger partial charge is 0.220 e. The molecule has 2 heterocycles. The van der Waals surface area contributed by atoms with Crippen molar-refractivity contribution in [1.29, 1.82) is 0 Å². The number of fused-ring (bicyclic) bond motifs is 1. The average molecular weight is 383 g/mol. The molecule has 0 radical (unpaired) electrons. The predicted octanol–water partition coefficient (Wildman–Crippen LogP) is 3.83. The molecule has 0 bridgehead atoms. The van der Waals surface area contributed by atoms with Crippen LogP contribution in [0.2, 0.25) is 0 Å². The minimum atomic E-state index is -0.134. The second-order valence-electron chi connectivity index (χ2n) is 6.56. The molecule has 0 aliphatic rings. The summed E-state index contributed by atoms with van der Waals surface area (Å²) in [5, 5.41) is 11.7. The van der Waals surface area contributed by atoms with Crippen LogP contribution in [0.15, 0.2) is 48.7 Å². The van der Waals surface area contributed by atoms with Gasteiger partial charge in [-0.05, 0) is 54.5 Å². The van der Waals surface area contributed by atoms with Gasteiger partial charge in [-0.1, -0.05) is 37.3 Å². The maximum Gasteiger partial charge on any atom is 0.220 e. The number of carbonyl (C=O) groups excluding carboxylic acids is 1. The van der Waals surface area contributed by atoms with Crippen LogP contribution in [-0.4, -0.2) is 32.5 Å². The molecular weight excluding hydrogens is 356 g/mol. The number of hydrogen-bond donors (Lipinski definition) is 1. The number of thioether (sulfide) groups is 1. The first-order valence-electron chi connectivity index (χ1n) is 9.37. The predicted molar refractivity (Wildman–Crippen MR) is 111 cm³/mol. The fourth-order valence-corrected chi connectivity index (χ4v) is 3.54. The molecule has 2 aromatic heterocycles. The molecule has 1 amide bonds. The van der Waals surface area contributed by atoms with Gasteiger partial charge < -0.3 is 5.32 Å². The van der Waals surface area contributed by atoms with Gasteiger partial charge in [-0.15, -0.1) is 10.2 Å². The monoisotopic (exact) mass is 382 g/mol. The van der Waals surface area contributed by atoms with E-state index in [1.807, 2.05) is 28.8 Å². The lowest BCUT2D eigenvalue weighted by Gasteiger charge is -2.17. The Hall–Kier alpha value is -2.34. The van der Waals surface area contributed by atoms with Gasteiger partial charge in [0, 0.05) is 12.6 Å². The van der Waals surface area contributed by atoms with Gasteiger partial charge in [0.1, 0.15) is 0 Å². The second-order valence-corrected chi connectivity index (χ2v) is 7.54. The highest BCUT2D eigenvalue weighted by molar-refractivity contribution is 7.98. The van der Waals surface area contributed by atoms with Crippen molar-refractivity contribution in [3.63, 3.8) is 0 Å². The molecule has 1 atom stereocenters. The summed E-state index contributed by atoms with van der Waals surface area (Å²) in [4.78, 5) is 12.6. The Balaban J connectivity index is 1.65. The van der Waals surface area contributed by atoms with Crippen LogP contribution >= 0.6 is 11.8 Å². The number of aromatic nitrogens is 3. The van der Waals surface area contributed by atoms with Crippen LogP contribution < -0.4 is 5.32 Å². The van der Waals surface area contributed by atoms with Crippen LogP contribution in [0.4, 0.5) is 0 Å². The molecule has 5 nitrogen and oxygen atoms in total. The molecule has 1 aromatic carbocycles. The van der Waals surface area contributed by atoms with Crippen molar-refractivity contribution >= 4 is 23.3 Å². The van der Waals surface area contributed by atoms with E-state index in [1.54, 1.807) is 11.8 Å². The van der Waals surface area contributed by atoms with Crippen LogP contribution in [0.5, 0.6) is 0 Å². The third kappa shape index (κ3) is 5.10. The van der Waals surface area contributed by atoms with Crippen LogP contribution in [0.3, 0.4) is 0 Å². The number of hydrogen-bond acceptors (Lipinski definition) is 4. The lowest BCUT2D eigenvalue weighted by Crippen LogP contribution is -2.30. The zero-order valence-corrected chi connectivity index (χ0v) is 16.7. The molecule has 3 rings (SSSR count). The lowest BCUT2D eigenvalue weighted by molar-refractivity contribution is -0.121. The summed E-state index contributed by atoms with van der Waals surface area (Å²) in [7, 11) is 0. The third-order valence-electron chi connectivity index (χ3n) is 4.67. The van der Waals surface area contributed by atoms with Crippen molar-refractivity contribution in [3.8, 4) is 0 Å². The Kier molecular flexibility index (Phi) is 6.87. The molecule has 0 fully saturated rings. The fourth-order valence-electron chi connectivity index (χ4n) is 3.07. The van der Waals surface area contributed by atoms with Gasteiger partial charge in [0.15, 0.2) is 11.5 Å². The number of nitrogens with one attached hydrogen (secondary N) is 1. The molecular formula is C21H26N4OS. The van der Waals surface area contributed by atoms with Crippen molar-refractivity contribution in [3.05, 3.63) is 65.6 Å². The molecule has 6 heteroatoms. The number of nitrogens with zero attached hydrogens (tertiary/aromatic N) is 3. The van der Waals surface area contributed by atoms with Crippen molar-refractivity contribution < 1.29 is 4.79 Å². The van der Waals surface area contributed by atoms with Gasteiger partial charge in [-0.3, -0.25) is 9.20 Å². The summed E-state index contributed by atoms with van der Waals surface area (Å²) in [6.07, 6.45) is 7.08. The van der Waals surface area contributed by atoms with E-state index in [-0.39, 0.29) is 11.9 Å². The first kappa shape index (κ1) is 19.4. The van der Waals surface area contributed by atoms with E-state index in [1.165, 1.54) is 11.1 Å². The van der Waals surface area contributed by atoms with Gasteiger partial charge in [0.05, 0.1) is 6.04 Å². The van der Waals surface area contributed by atoms with E-state index >= 15 is 0 Å². The van der Waals surface area contributed by atoms with E-state index in [0.717, 1.165) is 36.5 Å². The number of carbonyl (C=O) groups is 1. The maximum absolute atomic E-state index is 12.6. The summed E-state index contributed by atoms with van der Waals surface area (Å²) in [5.41, 5.74) is 3.31. The molecule has 1 N–H and O–H groups in total. The molecule has 3 aromatic rings. The Morgan fingerprint density at radius 1 is 1.15 bits per heavy atom. The summed E-state index contributed by atoms with van der Waals surface area (Å²) in [6.45, 7) is 2.14. The van der Waals surface area contributed by atoms with Crippen molar-refractivity contribution in [1.82, 2.24) is 19.9 Å². The molecule has 0 aliphatic heterocycles. The first-order chi connectivity index (χ1) is 13.2. The minimum Gasteiger partial charge on any atom is -0.346 e. The Bertz CT molecular complexity index is 875. The number of aryl methyl sites for hydroxylation is 2. The van der Waals surface area contributed by atoms with Gasteiger partial charge in [-0.25, -0.2) is 0 Å². The Labute approximate surface area is 164 Å². The molecule has 0 aliphatic carbocycles. The van der Waals surface area contributed by atoms with E-state index in [4.69, 9.17) is 0 Å². The van der Waals surface area contributed by atoms with Crippen molar-refractivity contribution in [2.75, 3.05) is 12.0 Å². The quantitative estimate of drug-likeness (QED) is 0.611. The molecule has 0 saturated heterocycles. The summed E-state index contributed by atoms with van der Waals surface area (Å²) >= 11 is 1.76. The highest BCUT2D eigenvalue weighted by Gasteiger charge is 2.20. The zero-order valence-electron chi connectivity index (χ0n) is 15.9. The fraction of sp³-hybridized carbons (Fsp3) is 0.381. The molecule has 27 heavy (non-hydrogen) atoms. The highest BCUT2D eigenvalue weighted by Crippen LogP contribution is 2.18. The van der Waals surface area contributed by atoms with E-state index in [0.29, 0.717) is 6.42 Å². The SMILES string of the molecule is CCc1ccc(CCC(=O)NC(CCSC)c2nnc3ccccn23)cc1. The Morgan fingerprint density at radius 3 is 2.67 bits per heavy atom. The maximum atomic E-state index is 12.6. The second kappa shape index (κ2) is 9.55. The molecule has 0 saturated carbocycles. The highest BCUT2D eigenvalue weighted by atomic mass is 32.2. The number of benzene rings is 1. The minimum absolute atomic E-state index is 0.0494. The van der Waals surface area contributed by atoms with Crippen LogP contribution in [0.1, 0.15) is 42.8 Å². The average Bonchev–Trinajstić information content (AvgIpc) is 3.14. The van der Waals surface area contributed by atoms with Crippen molar-refractivity contribution in [2.45, 2.75) is 38.6 Å².